The number of carboxylic acid groups (broad SMARTS) is 1. The zero-order valence-electron chi connectivity index (χ0n) is 11.7. The number of aliphatic carboxylic acids is 1. The molecule has 1 aliphatic carbocycles. The Kier molecular flexibility index (Phi) is 3.00. The van der Waals surface area contributed by atoms with E-state index in [1.54, 1.807) is 0 Å². The van der Waals surface area contributed by atoms with Crippen molar-refractivity contribution in [3.8, 4) is 0 Å². The molecule has 98 valence electrons. The number of carboxylic acids is 1. The van der Waals surface area contributed by atoms with E-state index in [-0.39, 0.29) is 5.41 Å². The van der Waals surface area contributed by atoms with Gasteiger partial charge in [0.1, 0.15) is 0 Å². The van der Waals surface area contributed by atoms with Gasteiger partial charge in [-0.05, 0) is 48.3 Å². The predicted molar refractivity (Wildman–Crippen MR) is 72.9 cm³/mol. The number of rotatable bonds is 3. The van der Waals surface area contributed by atoms with Crippen molar-refractivity contribution in [3.05, 3.63) is 34.9 Å². The van der Waals surface area contributed by atoms with Crippen molar-refractivity contribution in [1.82, 2.24) is 0 Å². The topological polar surface area (TPSA) is 37.3 Å². The Bertz CT molecular complexity index is 476. The molecule has 1 saturated carbocycles. The standard InChI is InChI=1S/C16H22O2/c1-11-9-13(15(2,3)4)6-5-12(11)10-16(7-8-16)14(17)18/h5-6,9H,7-8,10H2,1-4H3,(H,17,18). The molecule has 2 heteroatoms. The van der Waals surface area contributed by atoms with Crippen LogP contribution in [0.3, 0.4) is 0 Å². The van der Waals surface area contributed by atoms with Crippen LogP contribution >= 0.6 is 0 Å². The van der Waals surface area contributed by atoms with Crippen LogP contribution in [0.5, 0.6) is 0 Å². The second-order valence-corrected chi connectivity index (χ2v) is 6.65. The van der Waals surface area contributed by atoms with Gasteiger partial charge in [-0.2, -0.15) is 0 Å². The Morgan fingerprint density at radius 1 is 1.33 bits per heavy atom. The molecule has 0 saturated heterocycles. The summed E-state index contributed by atoms with van der Waals surface area (Å²) in [7, 11) is 0. The number of hydrogen-bond donors (Lipinski definition) is 1. The fourth-order valence-electron chi connectivity index (χ4n) is 2.34. The fourth-order valence-corrected chi connectivity index (χ4v) is 2.34. The molecule has 0 spiro atoms. The van der Waals surface area contributed by atoms with E-state index in [9.17, 15) is 9.90 Å². The van der Waals surface area contributed by atoms with Gasteiger partial charge in [-0.3, -0.25) is 4.79 Å². The van der Waals surface area contributed by atoms with Crippen LogP contribution in [-0.4, -0.2) is 11.1 Å². The van der Waals surface area contributed by atoms with Gasteiger partial charge in [-0.1, -0.05) is 39.0 Å². The van der Waals surface area contributed by atoms with Crippen molar-refractivity contribution in [2.24, 2.45) is 5.41 Å². The Labute approximate surface area is 109 Å². The van der Waals surface area contributed by atoms with Gasteiger partial charge in [0.25, 0.3) is 0 Å². The Hall–Kier alpha value is -1.31. The molecule has 2 rings (SSSR count). The molecular weight excluding hydrogens is 224 g/mol. The maximum Gasteiger partial charge on any atom is 0.309 e. The van der Waals surface area contributed by atoms with Gasteiger partial charge in [-0.25, -0.2) is 0 Å². The largest absolute Gasteiger partial charge is 0.481 e. The lowest BCUT2D eigenvalue weighted by molar-refractivity contribution is -0.143. The van der Waals surface area contributed by atoms with Gasteiger partial charge in [0.15, 0.2) is 0 Å². The van der Waals surface area contributed by atoms with Crippen LogP contribution in [-0.2, 0) is 16.6 Å². The van der Waals surface area contributed by atoms with Crippen LogP contribution in [0.4, 0.5) is 0 Å². The summed E-state index contributed by atoms with van der Waals surface area (Å²) in [6.45, 7) is 8.67. The molecule has 0 heterocycles. The molecule has 1 aliphatic rings. The molecule has 0 bridgehead atoms. The molecule has 2 nitrogen and oxygen atoms in total. The Morgan fingerprint density at radius 2 is 1.94 bits per heavy atom. The minimum atomic E-state index is -0.637. The molecule has 0 unspecified atom stereocenters. The lowest BCUT2D eigenvalue weighted by Gasteiger charge is -2.21. The van der Waals surface area contributed by atoms with Crippen LogP contribution in [0, 0.1) is 12.3 Å². The van der Waals surface area contributed by atoms with Gasteiger partial charge in [0.2, 0.25) is 0 Å². The number of aryl methyl sites for hydroxylation is 1. The number of benzene rings is 1. The van der Waals surface area contributed by atoms with Crippen LogP contribution in [0.15, 0.2) is 18.2 Å². The average Bonchev–Trinajstić information content (AvgIpc) is 3.00. The summed E-state index contributed by atoms with van der Waals surface area (Å²) in [4.78, 5) is 11.2. The van der Waals surface area contributed by atoms with E-state index >= 15 is 0 Å². The lowest BCUT2D eigenvalue weighted by atomic mass is 9.84. The molecule has 0 aromatic heterocycles. The third-order valence-electron chi connectivity index (χ3n) is 4.04. The zero-order chi connectivity index (χ0) is 13.6. The second kappa shape index (κ2) is 4.11. The van der Waals surface area contributed by atoms with Gasteiger partial charge in [0, 0.05) is 0 Å². The maximum absolute atomic E-state index is 11.2. The first kappa shape index (κ1) is 13.1. The number of carbonyl (C=O) groups is 1. The summed E-state index contributed by atoms with van der Waals surface area (Å²) in [5.41, 5.74) is 3.39. The van der Waals surface area contributed by atoms with Crippen molar-refractivity contribution in [2.75, 3.05) is 0 Å². The van der Waals surface area contributed by atoms with Gasteiger partial charge in [-0.15, -0.1) is 0 Å². The molecule has 1 fully saturated rings. The van der Waals surface area contributed by atoms with E-state index in [1.807, 2.05) is 0 Å². The lowest BCUT2D eigenvalue weighted by Crippen LogP contribution is -2.18. The monoisotopic (exact) mass is 246 g/mol. The minimum Gasteiger partial charge on any atom is -0.481 e. The van der Waals surface area contributed by atoms with Crippen molar-refractivity contribution >= 4 is 5.97 Å². The maximum atomic E-state index is 11.2. The van der Waals surface area contributed by atoms with Gasteiger partial charge < -0.3 is 5.11 Å². The average molecular weight is 246 g/mol. The third kappa shape index (κ3) is 2.43. The normalized spacial score (nSPS) is 17.6. The molecule has 1 aromatic carbocycles. The molecule has 1 N–H and O–H groups in total. The molecule has 0 amide bonds. The Balaban J connectivity index is 2.24. The smallest absolute Gasteiger partial charge is 0.309 e. The Morgan fingerprint density at radius 3 is 2.33 bits per heavy atom. The summed E-state index contributed by atoms with van der Waals surface area (Å²) in [6, 6.07) is 6.45. The van der Waals surface area contributed by atoms with Crippen LogP contribution in [0.2, 0.25) is 0 Å². The molecular formula is C16H22O2. The summed E-state index contributed by atoms with van der Waals surface area (Å²) in [5.74, 6) is -0.637. The quantitative estimate of drug-likeness (QED) is 0.883. The minimum absolute atomic E-state index is 0.146. The SMILES string of the molecule is Cc1cc(C(C)(C)C)ccc1CC1(C(=O)O)CC1. The molecule has 0 radical (unpaired) electrons. The van der Waals surface area contributed by atoms with E-state index in [4.69, 9.17) is 0 Å². The van der Waals surface area contributed by atoms with Crippen molar-refractivity contribution in [2.45, 2.75) is 52.4 Å². The van der Waals surface area contributed by atoms with E-state index < -0.39 is 11.4 Å². The van der Waals surface area contributed by atoms with E-state index in [0.29, 0.717) is 6.42 Å². The van der Waals surface area contributed by atoms with Gasteiger partial charge in [0.05, 0.1) is 5.41 Å². The third-order valence-corrected chi connectivity index (χ3v) is 4.04. The highest BCUT2D eigenvalue weighted by atomic mass is 16.4. The van der Waals surface area contributed by atoms with Crippen molar-refractivity contribution in [3.63, 3.8) is 0 Å². The van der Waals surface area contributed by atoms with Crippen LogP contribution in [0.25, 0.3) is 0 Å². The van der Waals surface area contributed by atoms with Crippen LogP contribution < -0.4 is 0 Å². The van der Waals surface area contributed by atoms with Gasteiger partial charge >= 0.3 is 5.97 Å². The predicted octanol–water partition coefficient (Wildman–Crippen LogP) is 3.70. The fraction of sp³-hybridized carbons (Fsp3) is 0.562. The summed E-state index contributed by atoms with van der Waals surface area (Å²) < 4.78 is 0. The first-order chi connectivity index (χ1) is 8.24. The summed E-state index contributed by atoms with van der Waals surface area (Å²) in [5, 5.41) is 9.24. The number of hydrogen-bond acceptors (Lipinski definition) is 1. The highest BCUT2D eigenvalue weighted by Gasteiger charge is 2.50. The molecule has 1 aromatic rings. The first-order valence-electron chi connectivity index (χ1n) is 6.58. The van der Waals surface area contributed by atoms with E-state index in [2.05, 4.69) is 45.9 Å². The first-order valence-corrected chi connectivity index (χ1v) is 6.58. The molecule has 18 heavy (non-hydrogen) atoms. The van der Waals surface area contributed by atoms with E-state index in [1.165, 1.54) is 16.7 Å². The second-order valence-electron chi connectivity index (χ2n) is 6.65. The zero-order valence-corrected chi connectivity index (χ0v) is 11.7. The highest BCUT2D eigenvalue weighted by molar-refractivity contribution is 5.78. The van der Waals surface area contributed by atoms with Crippen LogP contribution in [0.1, 0.15) is 50.3 Å². The van der Waals surface area contributed by atoms with Crippen molar-refractivity contribution < 1.29 is 9.90 Å². The summed E-state index contributed by atoms with van der Waals surface area (Å²) >= 11 is 0. The highest BCUT2D eigenvalue weighted by Crippen LogP contribution is 2.49. The molecule has 0 atom stereocenters. The summed E-state index contributed by atoms with van der Waals surface area (Å²) in [6.07, 6.45) is 2.32. The van der Waals surface area contributed by atoms with Crippen molar-refractivity contribution in [1.29, 1.82) is 0 Å². The molecule has 0 aliphatic heterocycles. The van der Waals surface area contributed by atoms with E-state index in [0.717, 1.165) is 12.8 Å².